The molecule has 0 radical (unpaired) electrons. The summed E-state index contributed by atoms with van der Waals surface area (Å²) in [5.74, 6) is 1.02. The van der Waals surface area contributed by atoms with Crippen molar-refractivity contribution in [2.45, 2.75) is 38.9 Å². The molecule has 4 aromatic carbocycles. The molecule has 6 heteroatoms. The Labute approximate surface area is 223 Å². The van der Waals surface area contributed by atoms with Crippen LogP contribution in [0.1, 0.15) is 36.8 Å². The summed E-state index contributed by atoms with van der Waals surface area (Å²) < 4.78 is 11.8. The number of hydrogen-bond acceptors (Lipinski definition) is 4. The highest BCUT2D eigenvalue weighted by molar-refractivity contribution is 5.93. The van der Waals surface area contributed by atoms with Crippen LogP contribution in [-0.2, 0) is 22.8 Å². The Kier molecular flexibility index (Phi) is 9.92. The van der Waals surface area contributed by atoms with Crippen molar-refractivity contribution in [3.05, 3.63) is 120 Å². The highest BCUT2D eigenvalue weighted by Crippen LogP contribution is 2.26. The SMILES string of the molecule is O=C(CCCCC(=O)Nc1ccccc1OCc1ccccc1)Nc1ccccc1OCc1ccccc1. The third-order valence-corrected chi connectivity index (χ3v) is 5.85. The summed E-state index contributed by atoms with van der Waals surface area (Å²) in [6.07, 6.45) is 1.82. The van der Waals surface area contributed by atoms with E-state index in [4.69, 9.17) is 9.47 Å². The maximum atomic E-state index is 12.5. The van der Waals surface area contributed by atoms with Crippen molar-refractivity contribution in [3.8, 4) is 11.5 Å². The fraction of sp³-hybridized carbons (Fsp3) is 0.188. The van der Waals surface area contributed by atoms with Crippen LogP contribution >= 0.6 is 0 Å². The summed E-state index contributed by atoms with van der Waals surface area (Å²) in [6.45, 7) is 0.840. The van der Waals surface area contributed by atoms with E-state index >= 15 is 0 Å². The Balaban J connectivity index is 1.19. The molecule has 0 bridgehead atoms. The summed E-state index contributed by atoms with van der Waals surface area (Å²) in [6, 6.07) is 34.5. The van der Waals surface area contributed by atoms with Crippen molar-refractivity contribution < 1.29 is 19.1 Å². The van der Waals surface area contributed by atoms with Crippen LogP contribution in [0.25, 0.3) is 0 Å². The molecule has 0 atom stereocenters. The molecule has 0 heterocycles. The summed E-state index contributed by atoms with van der Waals surface area (Å²) >= 11 is 0. The number of nitrogens with one attached hydrogen (secondary N) is 2. The number of unbranched alkanes of at least 4 members (excludes halogenated alkanes) is 1. The molecule has 0 spiro atoms. The fourth-order valence-electron chi connectivity index (χ4n) is 3.86. The highest BCUT2D eigenvalue weighted by atomic mass is 16.5. The third-order valence-electron chi connectivity index (χ3n) is 5.85. The van der Waals surface area contributed by atoms with Gasteiger partial charge in [0, 0.05) is 12.8 Å². The number of benzene rings is 4. The van der Waals surface area contributed by atoms with Gasteiger partial charge < -0.3 is 20.1 Å². The quantitative estimate of drug-likeness (QED) is 0.191. The van der Waals surface area contributed by atoms with Gasteiger partial charge >= 0.3 is 0 Å². The van der Waals surface area contributed by atoms with Gasteiger partial charge in [-0.1, -0.05) is 84.9 Å². The van der Waals surface area contributed by atoms with E-state index in [1.807, 2.05) is 109 Å². The topological polar surface area (TPSA) is 76.7 Å². The normalized spacial score (nSPS) is 10.4. The van der Waals surface area contributed by atoms with E-state index in [9.17, 15) is 9.59 Å². The van der Waals surface area contributed by atoms with Crippen molar-refractivity contribution >= 4 is 23.2 Å². The smallest absolute Gasteiger partial charge is 0.224 e. The molecule has 0 aliphatic rings. The molecule has 6 nitrogen and oxygen atoms in total. The molecular formula is C32H32N2O4. The Morgan fingerprint density at radius 1 is 0.500 bits per heavy atom. The van der Waals surface area contributed by atoms with Gasteiger partial charge in [-0.3, -0.25) is 9.59 Å². The monoisotopic (exact) mass is 508 g/mol. The Hall–Kier alpha value is -4.58. The van der Waals surface area contributed by atoms with Crippen LogP contribution in [0.4, 0.5) is 11.4 Å². The minimum Gasteiger partial charge on any atom is -0.487 e. The number of carbonyl (C=O) groups excluding carboxylic acids is 2. The van der Waals surface area contributed by atoms with E-state index in [0.717, 1.165) is 11.1 Å². The van der Waals surface area contributed by atoms with Crippen molar-refractivity contribution in [2.75, 3.05) is 10.6 Å². The second-order valence-corrected chi connectivity index (χ2v) is 8.84. The molecule has 0 aromatic heterocycles. The van der Waals surface area contributed by atoms with Gasteiger partial charge in [-0.2, -0.15) is 0 Å². The van der Waals surface area contributed by atoms with Crippen LogP contribution in [0, 0.1) is 0 Å². The summed E-state index contributed by atoms with van der Waals surface area (Å²) in [7, 11) is 0. The zero-order chi connectivity index (χ0) is 26.4. The molecule has 0 unspecified atom stereocenters. The average molecular weight is 509 g/mol. The van der Waals surface area contributed by atoms with Gasteiger partial charge in [0.2, 0.25) is 11.8 Å². The number of rotatable bonds is 13. The minimum absolute atomic E-state index is 0.110. The maximum Gasteiger partial charge on any atom is 0.224 e. The molecule has 2 N–H and O–H groups in total. The van der Waals surface area contributed by atoms with Gasteiger partial charge in [0.1, 0.15) is 24.7 Å². The second kappa shape index (κ2) is 14.2. The van der Waals surface area contributed by atoms with Crippen molar-refractivity contribution in [2.24, 2.45) is 0 Å². The Morgan fingerprint density at radius 2 is 0.868 bits per heavy atom. The number of anilines is 2. The van der Waals surface area contributed by atoms with Crippen molar-refractivity contribution in [1.82, 2.24) is 0 Å². The number of carbonyl (C=O) groups is 2. The molecule has 0 aliphatic carbocycles. The van der Waals surface area contributed by atoms with E-state index in [-0.39, 0.29) is 11.8 Å². The molecule has 194 valence electrons. The van der Waals surface area contributed by atoms with Gasteiger partial charge in [-0.15, -0.1) is 0 Å². The summed E-state index contributed by atoms with van der Waals surface area (Å²) in [5, 5.41) is 5.86. The van der Waals surface area contributed by atoms with Crippen LogP contribution in [0.3, 0.4) is 0 Å². The van der Waals surface area contributed by atoms with E-state index < -0.39 is 0 Å². The van der Waals surface area contributed by atoms with E-state index in [2.05, 4.69) is 10.6 Å². The first-order chi connectivity index (χ1) is 18.7. The first-order valence-electron chi connectivity index (χ1n) is 12.8. The van der Waals surface area contributed by atoms with Crippen LogP contribution in [-0.4, -0.2) is 11.8 Å². The minimum atomic E-state index is -0.110. The van der Waals surface area contributed by atoms with Crippen molar-refractivity contribution in [3.63, 3.8) is 0 Å². The highest BCUT2D eigenvalue weighted by Gasteiger charge is 2.10. The predicted molar refractivity (Wildman–Crippen MR) is 150 cm³/mol. The molecule has 0 saturated heterocycles. The Bertz CT molecular complexity index is 1210. The molecule has 38 heavy (non-hydrogen) atoms. The molecule has 2 amide bonds. The van der Waals surface area contributed by atoms with Crippen LogP contribution in [0.15, 0.2) is 109 Å². The van der Waals surface area contributed by atoms with Gasteiger partial charge in [-0.25, -0.2) is 0 Å². The molecule has 4 rings (SSSR count). The lowest BCUT2D eigenvalue weighted by Gasteiger charge is -2.13. The summed E-state index contributed by atoms with van der Waals surface area (Å²) in [4.78, 5) is 25.0. The second-order valence-electron chi connectivity index (χ2n) is 8.84. The van der Waals surface area contributed by atoms with Crippen LogP contribution < -0.4 is 20.1 Å². The van der Waals surface area contributed by atoms with Crippen LogP contribution in [0.2, 0.25) is 0 Å². The summed E-state index contributed by atoms with van der Waals surface area (Å²) in [5.41, 5.74) is 3.38. The van der Waals surface area contributed by atoms with Gasteiger partial charge in [0.05, 0.1) is 11.4 Å². The average Bonchev–Trinajstić information content (AvgIpc) is 2.95. The largest absolute Gasteiger partial charge is 0.487 e. The van der Waals surface area contributed by atoms with Crippen molar-refractivity contribution in [1.29, 1.82) is 0 Å². The Morgan fingerprint density at radius 3 is 1.29 bits per heavy atom. The first kappa shape index (κ1) is 26.5. The predicted octanol–water partition coefficient (Wildman–Crippen LogP) is 6.98. The lowest BCUT2D eigenvalue weighted by molar-refractivity contribution is -0.118. The number of hydrogen-bond donors (Lipinski definition) is 2. The zero-order valence-corrected chi connectivity index (χ0v) is 21.3. The number of ether oxygens (including phenoxy) is 2. The van der Waals surface area contributed by atoms with Gasteiger partial charge in [-0.05, 0) is 48.2 Å². The lowest BCUT2D eigenvalue weighted by Crippen LogP contribution is -2.14. The standard InChI is InChI=1S/C32H32N2O4/c35-31(33-27-17-7-9-19-29(27)37-23-25-13-3-1-4-14-25)21-11-12-22-32(36)34-28-18-8-10-20-30(28)38-24-26-15-5-2-6-16-26/h1-10,13-20H,11-12,21-24H2,(H,33,35)(H,34,36). The first-order valence-corrected chi connectivity index (χ1v) is 12.8. The maximum absolute atomic E-state index is 12.5. The number of para-hydroxylation sites is 4. The molecule has 0 saturated carbocycles. The van der Waals surface area contributed by atoms with Gasteiger partial charge in [0.25, 0.3) is 0 Å². The third kappa shape index (κ3) is 8.52. The molecule has 0 fully saturated rings. The van der Waals surface area contributed by atoms with E-state index in [0.29, 0.717) is 61.8 Å². The molecular weight excluding hydrogens is 476 g/mol. The fourth-order valence-corrected chi connectivity index (χ4v) is 3.86. The molecule has 0 aliphatic heterocycles. The van der Waals surface area contributed by atoms with E-state index in [1.54, 1.807) is 0 Å². The zero-order valence-electron chi connectivity index (χ0n) is 21.3. The molecule has 4 aromatic rings. The van der Waals surface area contributed by atoms with Gasteiger partial charge in [0.15, 0.2) is 0 Å². The number of amides is 2. The lowest BCUT2D eigenvalue weighted by atomic mass is 10.1. The van der Waals surface area contributed by atoms with Crippen LogP contribution in [0.5, 0.6) is 11.5 Å². The van der Waals surface area contributed by atoms with E-state index in [1.165, 1.54) is 0 Å².